The molecule has 1 N–H and O–H groups in total. The van der Waals surface area contributed by atoms with E-state index in [2.05, 4.69) is 10.8 Å². The summed E-state index contributed by atoms with van der Waals surface area (Å²) in [6.45, 7) is 0.303. The van der Waals surface area contributed by atoms with Gasteiger partial charge in [0.05, 0.1) is 31.0 Å². The summed E-state index contributed by atoms with van der Waals surface area (Å²) >= 11 is 5.83. The number of nitrogens with one attached hydrogen (secondary N) is 1. The van der Waals surface area contributed by atoms with Crippen LogP contribution in [0.1, 0.15) is 11.1 Å². The molecule has 23 heavy (non-hydrogen) atoms. The highest BCUT2D eigenvalue weighted by Gasteiger charge is 2.06. The maximum Gasteiger partial charge on any atom is 0.229 e. The Labute approximate surface area is 141 Å². The van der Waals surface area contributed by atoms with Crippen molar-refractivity contribution >= 4 is 27.3 Å². The van der Waals surface area contributed by atoms with Crippen molar-refractivity contribution < 1.29 is 17.9 Å². The highest BCUT2D eigenvalue weighted by molar-refractivity contribution is 7.92. The molecule has 2 aromatic rings. The van der Waals surface area contributed by atoms with Crippen LogP contribution in [-0.2, 0) is 22.5 Å². The van der Waals surface area contributed by atoms with Crippen molar-refractivity contribution in [3.8, 4) is 11.5 Å². The number of benzene rings is 2. The van der Waals surface area contributed by atoms with E-state index in [1.165, 1.54) is 0 Å². The lowest BCUT2D eigenvalue weighted by atomic mass is 10.1. The Bertz CT molecular complexity index is 777. The molecule has 0 saturated carbocycles. The molecule has 7 heteroatoms. The molecule has 0 amide bonds. The van der Waals surface area contributed by atoms with Crippen LogP contribution in [0, 0.1) is 6.07 Å². The van der Waals surface area contributed by atoms with Crippen molar-refractivity contribution in [3.05, 3.63) is 53.6 Å². The van der Waals surface area contributed by atoms with E-state index in [1.807, 2.05) is 18.2 Å². The minimum atomic E-state index is -3.34. The first-order valence-electron chi connectivity index (χ1n) is 6.76. The van der Waals surface area contributed by atoms with E-state index in [-0.39, 0.29) is 0 Å². The third-order valence-corrected chi connectivity index (χ3v) is 3.83. The second-order valence-corrected chi connectivity index (χ2v) is 6.89. The zero-order valence-corrected chi connectivity index (χ0v) is 14.4. The molecule has 0 fully saturated rings. The molecule has 0 heterocycles. The van der Waals surface area contributed by atoms with E-state index in [0.717, 1.165) is 17.4 Å². The van der Waals surface area contributed by atoms with Crippen LogP contribution in [-0.4, -0.2) is 21.8 Å². The van der Waals surface area contributed by atoms with Gasteiger partial charge >= 0.3 is 0 Å². The number of rotatable bonds is 7. The summed E-state index contributed by atoms with van der Waals surface area (Å²) in [5, 5.41) is 0. The van der Waals surface area contributed by atoms with Gasteiger partial charge in [0, 0.05) is 5.56 Å². The molecule has 123 valence electrons. The van der Waals surface area contributed by atoms with Gasteiger partial charge in [0.2, 0.25) is 10.0 Å². The van der Waals surface area contributed by atoms with Crippen molar-refractivity contribution in [2.45, 2.75) is 12.5 Å². The van der Waals surface area contributed by atoms with Crippen LogP contribution in [0.4, 0.5) is 5.69 Å². The highest BCUT2D eigenvalue weighted by atomic mass is 35.5. The van der Waals surface area contributed by atoms with Crippen LogP contribution >= 0.6 is 11.6 Å². The lowest BCUT2D eigenvalue weighted by molar-refractivity contribution is 0.304. The molecule has 0 aliphatic rings. The monoisotopic (exact) mass is 354 g/mol. The molecule has 0 saturated heterocycles. The number of anilines is 1. The Balaban J connectivity index is 2.07. The molecule has 1 radical (unpaired) electrons. The molecule has 2 aromatic carbocycles. The minimum absolute atomic E-state index is 0.303. The average molecular weight is 355 g/mol. The van der Waals surface area contributed by atoms with Gasteiger partial charge < -0.3 is 9.47 Å². The van der Waals surface area contributed by atoms with E-state index >= 15 is 0 Å². The fraction of sp³-hybridized carbons (Fsp3) is 0.250. The van der Waals surface area contributed by atoms with Gasteiger partial charge in [0.1, 0.15) is 18.1 Å². The molecular weight excluding hydrogens is 338 g/mol. The normalized spacial score (nSPS) is 11.1. The van der Waals surface area contributed by atoms with Gasteiger partial charge in [-0.15, -0.1) is 11.6 Å². The first kappa shape index (κ1) is 17.4. The maximum atomic E-state index is 11.2. The number of sulfonamides is 1. The van der Waals surface area contributed by atoms with E-state index in [0.29, 0.717) is 29.7 Å². The molecular formula is C16H17ClNO4S. The zero-order chi connectivity index (χ0) is 16.9. The smallest absolute Gasteiger partial charge is 0.229 e. The van der Waals surface area contributed by atoms with Crippen LogP contribution in [0.15, 0.2) is 36.4 Å². The van der Waals surface area contributed by atoms with Crippen LogP contribution in [0.2, 0.25) is 0 Å². The molecule has 0 aliphatic heterocycles. The molecule has 5 nitrogen and oxygen atoms in total. The summed E-state index contributed by atoms with van der Waals surface area (Å²) in [5.74, 6) is 1.52. The summed E-state index contributed by atoms with van der Waals surface area (Å²) in [6.07, 6.45) is 1.08. The van der Waals surface area contributed by atoms with Crippen LogP contribution < -0.4 is 14.2 Å². The predicted octanol–water partition coefficient (Wildman–Crippen LogP) is 3.18. The first-order valence-corrected chi connectivity index (χ1v) is 9.18. The highest BCUT2D eigenvalue weighted by Crippen LogP contribution is 2.23. The number of halogens is 1. The van der Waals surface area contributed by atoms with Crippen LogP contribution in [0.3, 0.4) is 0 Å². The van der Waals surface area contributed by atoms with Crippen molar-refractivity contribution in [2.75, 3.05) is 18.1 Å². The predicted molar refractivity (Wildman–Crippen MR) is 90.6 cm³/mol. The third kappa shape index (κ3) is 5.33. The summed E-state index contributed by atoms with van der Waals surface area (Å²) in [6, 6.07) is 13.5. The van der Waals surface area contributed by atoms with Crippen LogP contribution in [0.5, 0.6) is 11.5 Å². The van der Waals surface area contributed by atoms with Crippen molar-refractivity contribution in [3.63, 3.8) is 0 Å². The van der Waals surface area contributed by atoms with Gasteiger partial charge in [-0.2, -0.15) is 0 Å². The third-order valence-electron chi connectivity index (χ3n) is 2.95. The largest absolute Gasteiger partial charge is 0.496 e. The molecule has 0 atom stereocenters. The van der Waals surface area contributed by atoms with Gasteiger partial charge in [-0.25, -0.2) is 8.42 Å². The lowest BCUT2D eigenvalue weighted by Crippen LogP contribution is -2.09. The standard InChI is InChI=1S/C16H17ClNO4S/c1-21-16-8-12(6-7-13(16)10-17)11-22-15-5-3-4-14(9-15)18-23(2,19)20/h3-8,18H,10-11H2,1-2H3. The van der Waals surface area contributed by atoms with Gasteiger partial charge in [-0.05, 0) is 23.8 Å². The number of alkyl halides is 1. The SMILES string of the molecule is COc1cc(COc2[c]c(NS(C)(=O)=O)ccc2)ccc1CCl. The fourth-order valence-corrected chi connectivity index (χ4v) is 2.68. The van der Waals surface area contributed by atoms with Gasteiger partial charge in [0.15, 0.2) is 0 Å². The van der Waals surface area contributed by atoms with Gasteiger partial charge in [-0.1, -0.05) is 18.2 Å². The van der Waals surface area contributed by atoms with Gasteiger partial charge in [-0.3, -0.25) is 4.72 Å². The van der Waals surface area contributed by atoms with E-state index in [9.17, 15) is 8.42 Å². The number of methoxy groups -OCH3 is 1. The first-order chi connectivity index (χ1) is 10.9. The topological polar surface area (TPSA) is 64.6 Å². The summed E-state index contributed by atoms with van der Waals surface area (Å²) in [7, 11) is -1.76. The van der Waals surface area contributed by atoms with Crippen molar-refractivity contribution in [1.29, 1.82) is 0 Å². The van der Waals surface area contributed by atoms with Crippen molar-refractivity contribution in [2.24, 2.45) is 0 Å². The summed E-state index contributed by atoms with van der Waals surface area (Å²) in [5.41, 5.74) is 2.15. The molecule has 0 spiro atoms. The Hall–Kier alpha value is -1.92. The molecule has 0 aromatic heterocycles. The number of hydrogen-bond acceptors (Lipinski definition) is 4. The Morgan fingerprint density at radius 1 is 1.26 bits per heavy atom. The van der Waals surface area contributed by atoms with E-state index in [4.69, 9.17) is 21.1 Å². The van der Waals surface area contributed by atoms with Crippen molar-refractivity contribution in [1.82, 2.24) is 0 Å². The number of hydrogen-bond donors (Lipinski definition) is 1. The Morgan fingerprint density at radius 2 is 2.04 bits per heavy atom. The molecule has 2 rings (SSSR count). The molecule has 0 unspecified atom stereocenters. The molecule has 0 aliphatic carbocycles. The summed E-state index contributed by atoms with van der Waals surface area (Å²) in [4.78, 5) is 0. The second-order valence-electron chi connectivity index (χ2n) is 4.87. The minimum Gasteiger partial charge on any atom is -0.496 e. The number of ether oxygens (including phenoxy) is 2. The van der Waals surface area contributed by atoms with E-state index in [1.54, 1.807) is 25.3 Å². The Morgan fingerprint density at radius 3 is 2.70 bits per heavy atom. The van der Waals surface area contributed by atoms with E-state index < -0.39 is 10.0 Å². The lowest BCUT2D eigenvalue weighted by Gasteiger charge is -2.11. The van der Waals surface area contributed by atoms with Crippen LogP contribution in [0.25, 0.3) is 0 Å². The second kappa shape index (κ2) is 7.57. The quantitative estimate of drug-likeness (QED) is 0.775. The fourth-order valence-electron chi connectivity index (χ4n) is 1.94. The van der Waals surface area contributed by atoms with Gasteiger partial charge in [0.25, 0.3) is 0 Å². The summed E-state index contributed by atoms with van der Waals surface area (Å²) < 4.78 is 35.7. The average Bonchev–Trinajstić information content (AvgIpc) is 2.51. The maximum absolute atomic E-state index is 11.2. The Kier molecular flexibility index (Phi) is 5.74. The zero-order valence-electron chi connectivity index (χ0n) is 12.8. The molecule has 0 bridgehead atoms.